The lowest BCUT2D eigenvalue weighted by atomic mass is 10.3. The van der Waals surface area contributed by atoms with Crippen LogP contribution in [0.4, 0.5) is 5.69 Å². The number of para-hydroxylation sites is 1. The molecule has 0 bridgehead atoms. The first kappa shape index (κ1) is 18.1. The van der Waals surface area contributed by atoms with Gasteiger partial charge in [0, 0.05) is 32.2 Å². The molecule has 0 atom stereocenters. The van der Waals surface area contributed by atoms with E-state index in [9.17, 15) is 9.59 Å². The molecule has 1 aromatic carbocycles. The van der Waals surface area contributed by atoms with Crippen molar-refractivity contribution in [2.45, 2.75) is 32.4 Å². The Bertz CT molecular complexity index is 1020. The van der Waals surface area contributed by atoms with Gasteiger partial charge in [-0.25, -0.2) is 9.36 Å². The Morgan fingerprint density at radius 3 is 2.79 bits per heavy atom. The largest absolute Gasteiger partial charge is 0.370 e. The number of benzene rings is 1. The van der Waals surface area contributed by atoms with Crippen LogP contribution in [0.15, 0.2) is 41.3 Å². The van der Waals surface area contributed by atoms with Crippen LogP contribution >= 0.6 is 0 Å². The van der Waals surface area contributed by atoms with Gasteiger partial charge in [-0.2, -0.15) is 5.10 Å². The molecule has 3 aromatic rings. The monoisotopic (exact) mass is 381 g/mol. The molecule has 1 amide bonds. The molecule has 4 rings (SSSR count). The number of aromatic nitrogens is 5. The van der Waals surface area contributed by atoms with Crippen LogP contribution in [0.25, 0.3) is 11.0 Å². The third kappa shape index (κ3) is 4.03. The number of rotatable bonds is 7. The van der Waals surface area contributed by atoms with E-state index in [2.05, 4.69) is 25.6 Å². The first-order chi connectivity index (χ1) is 13.7. The average molecular weight is 381 g/mol. The molecule has 1 aliphatic rings. The molecule has 0 spiro atoms. The fourth-order valence-corrected chi connectivity index (χ4v) is 3.42. The van der Waals surface area contributed by atoms with E-state index in [1.807, 2.05) is 28.9 Å². The first-order valence-electron chi connectivity index (χ1n) is 9.58. The number of amides is 1. The molecule has 3 heterocycles. The summed E-state index contributed by atoms with van der Waals surface area (Å²) in [6, 6.07) is 9.32. The van der Waals surface area contributed by atoms with Crippen molar-refractivity contribution in [2.24, 2.45) is 0 Å². The minimum atomic E-state index is -0.256. The molecule has 0 aliphatic carbocycles. The number of nitrogens with zero attached hydrogens (tertiary/aromatic N) is 6. The van der Waals surface area contributed by atoms with Crippen molar-refractivity contribution in [2.75, 3.05) is 24.5 Å². The van der Waals surface area contributed by atoms with Crippen molar-refractivity contribution < 1.29 is 4.79 Å². The maximum Gasteiger partial charge on any atom is 0.269 e. The van der Waals surface area contributed by atoms with E-state index in [-0.39, 0.29) is 18.0 Å². The molecular weight excluding hydrogens is 358 g/mol. The third-order valence-corrected chi connectivity index (χ3v) is 4.91. The van der Waals surface area contributed by atoms with Gasteiger partial charge in [0.2, 0.25) is 5.91 Å². The number of carbonyl (C=O) groups is 1. The van der Waals surface area contributed by atoms with E-state index in [0.29, 0.717) is 13.1 Å². The van der Waals surface area contributed by atoms with Crippen LogP contribution in [-0.4, -0.2) is 50.3 Å². The lowest BCUT2D eigenvalue weighted by Gasteiger charge is -2.17. The van der Waals surface area contributed by atoms with E-state index in [1.165, 1.54) is 4.68 Å². The molecule has 0 saturated carbocycles. The molecule has 1 fully saturated rings. The maximum absolute atomic E-state index is 12.2. The van der Waals surface area contributed by atoms with Crippen LogP contribution in [0.3, 0.4) is 0 Å². The van der Waals surface area contributed by atoms with E-state index in [1.54, 1.807) is 12.3 Å². The second-order valence-electron chi connectivity index (χ2n) is 6.91. The van der Waals surface area contributed by atoms with Gasteiger partial charge in [-0.1, -0.05) is 17.3 Å². The molecule has 1 N–H and O–H groups in total. The molecule has 1 saturated heterocycles. The summed E-state index contributed by atoms with van der Waals surface area (Å²) >= 11 is 0. The summed E-state index contributed by atoms with van der Waals surface area (Å²) in [5.41, 5.74) is 2.41. The second-order valence-corrected chi connectivity index (χ2v) is 6.91. The summed E-state index contributed by atoms with van der Waals surface area (Å²) in [6.07, 6.45) is 4.65. The normalized spacial score (nSPS) is 13.9. The van der Waals surface area contributed by atoms with Gasteiger partial charge in [0.25, 0.3) is 5.56 Å². The first-order valence-corrected chi connectivity index (χ1v) is 9.58. The van der Waals surface area contributed by atoms with Crippen molar-refractivity contribution in [3.05, 3.63) is 46.9 Å². The van der Waals surface area contributed by atoms with Gasteiger partial charge in [0.1, 0.15) is 12.1 Å². The Hall–Kier alpha value is -3.23. The number of anilines is 1. The van der Waals surface area contributed by atoms with Crippen molar-refractivity contribution in [1.29, 1.82) is 0 Å². The van der Waals surface area contributed by atoms with Gasteiger partial charge in [-0.3, -0.25) is 9.59 Å². The highest BCUT2D eigenvalue weighted by Crippen LogP contribution is 2.16. The number of carbonyl (C=O) groups excluding carboxylic acids is 1. The van der Waals surface area contributed by atoms with Crippen LogP contribution in [-0.2, 0) is 17.9 Å². The molecule has 1 aliphatic heterocycles. The summed E-state index contributed by atoms with van der Waals surface area (Å²) in [6.45, 7) is 2.97. The molecule has 9 heteroatoms. The van der Waals surface area contributed by atoms with Crippen LogP contribution in [0.2, 0.25) is 0 Å². The number of nitrogens with one attached hydrogen (secondary N) is 1. The van der Waals surface area contributed by atoms with Gasteiger partial charge < -0.3 is 10.2 Å². The minimum absolute atomic E-state index is 0.0780. The summed E-state index contributed by atoms with van der Waals surface area (Å²) in [5, 5.41) is 15.2. The predicted octanol–water partition coefficient (Wildman–Crippen LogP) is 0.795. The molecular formula is C19H23N7O2. The number of fused-ring (bicyclic) bond motifs is 1. The predicted molar refractivity (Wildman–Crippen MR) is 105 cm³/mol. The molecule has 9 nitrogen and oxygen atoms in total. The van der Waals surface area contributed by atoms with Gasteiger partial charge in [-0.05, 0) is 31.4 Å². The number of aryl methyl sites for hydroxylation is 1. The smallest absolute Gasteiger partial charge is 0.269 e. The van der Waals surface area contributed by atoms with Crippen LogP contribution in [0.5, 0.6) is 0 Å². The molecule has 0 unspecified atom stereocenters. The van der Waals surface area contributed by atoms with Crippen molar-refractivity contribution >= 4 is 22.6 Å². The summed E-state index contributed by atoms with van der Waals surface area (Å²) < 4.78 is 3.02. The molecule has 0 radical (unpaired) electrons. The Labute approximate surface area is 161 Å². The fourth-order valence-electron chi connectivity index (χ4n) is 3.42. The van der Waals surface area contributed by atoms with E-state index in [4.69, 9.17) is 0 Å². The Morgan fingerprint density at radius 1 is 1.14 bits per heavy atom. The Morgan fingerprint density at radius 2 is 1.96 bits per heavy atom. The van der Waals surface area contributed by atoms with Crippen molar-refractivity contribution in [3.63, 3.8) is 0 Å². The molecule has 28 heavy (non-hydrogen) atoms. The zero-order valence-corrected chi connectivity index (χ0v) is 15.6. The molecule has 146 valence electrons. The highest BCUT2D eigenvalue weighted by molar-refractivity contribution is 5.75. The van der Waals surface area contributed by atoms with Gasteiger partial charge in [-0.15, -0.1) is 5.10 Å². The van der Waals surface area contributed by atoms with Crippen LogP contribution in [0, 0.1) is 0 Å². The molecule has 2 aromatic heterocycles. The minimum Gasteiger partial charge on any atom is -0.370 e. The van der Waals surface area contributed by atoms with Crippen LogP contribution < -0.4 is 15.8 Å². The number of hydrogen-bond acceptors (Lipinski definition) is 6. The summed E-state index contributed by atoms with van der Waals surface area (Å²) in [5.74, 6) is -0.230. The van der Waals surface area contributed by atoms with Crippen LogP contribution in [0.1, 0.15) is 19.3 Å². The second kappa shape index (κ2) is 8.20. The van der Waals surface area contributed by atoms with Crippen molar-refractivity contribution in [1.82, 2.24) is 30.1 Å². The standard InChI is InChI=1S/C19H23N7O2/c27-18(14-26-19(28)12-15(13-21-26)24-9-3-4-10-24)20-8-5-11-25-17-7-2-1-6-16(17)22-23-25/h1-2,6-7,12-13H,3-5,8-11,14H2,(H,20,27). The van der Waals surface area contributed by atoms with Gasteiger partial charge in [0.05, 0.1) is 17.4 Å². The maximum atomic E-state index is 12.2. The Kier molecular flexibility index (Phi) is 5.31. The highest BCUT2D eigenvalue weighted by atomic mass is 16.2. The van der Waals surface area contributed by atoms with Gasteiger partial charge >= 0.3 is 0 Å². The zero-order valence-electron chi connectivity index (χ0n) is 15.6. The summed E-state index contributed by atoms with van der Waals surface area (Å²) in [4.78, 5) is 26.5. The van der Waals surface area contributed by atoms with E-state index in [0.717, 1.165) is 49.1 Å². The van der Waals surface area contributed by atoms with Crippen molar-refractivity contribution in [3.8, 4) is 0 Å². The number of hydrogen-bond donors (Lipinski definition) is 1. The topological polar surface area (TPSA) is 97.9 Å². The summed E-state index contributed by atoms with van der Waals surface area (Å²) in [7, 11) is 0. The lowest BCUT2D eigenvalue weighted by Crippen LogP contribution is -2.34. The Balaban J connectivity index is 1.26. The SMILES string of the molecule is O=C(Cn1ncc(N2CCCC2)cc1=O)NCCCn1nnc2ccccc21. The third-order valence-electron chi connectivity index (χ3n) is 4.91. The average Bonchev–Trinajstić information content (AvgIpc) is 3.37. The zero-order chi connectivity index (χ0) is 19.3. The van der Waals surface area contributed by atoms with Gasteiger partial charge in [0.15, 0.2) is 0 Å². The van der Waals surface area contributed by atoms with E-state index >= 15 is 0 Å². The lowest BCUT2D eigenvalue weighted by molar-refractivity contribution is -0.121. The highest BCUT2D eigenvalue weighted by Gasteiger charge is 2.14. The van der Waals surface area contributed by atoms with E-state index < -0.39 is 0 Å². The fraction of sp³-hybridized carbons (Fsp3) is 0.421. The quantitative estimate of drug-likeness (QED) is 0.608.